The highest BCUT2D eigenvalue weighted by molar-refractivity contribution is 6.31. The number of nitrogens with one attached hydrogen (secondary N) is 1. The Hall–Kier alpha value is -2.59. The third-order valence-corrected chi connectivity index (χ3v) is 4.37. The Bertz CT molecular complexity index is 828. The smallest absolute Gasteiger partial charge is 0.251 e. The summed E-state index contributed by atoms with van der Waals surface area (Å²) in [6.45, 7) is 2.72. The Morgan fingerprint density at radius 2 is 1.96 bits per heavy atom. The lowest BCUT2D eigenvalue weighted by Crippen LogP contribution is -2.34. The van der Waals surface area contributed by atoms with Crippen molar-refractivity contribution < 1.29 is 4.79 Å². The average molecular weight is 354 g/mol. The van der Waals surface area contributed by atoms with Crippen LogP contribution in [0, 0.1) is 0 Å². The van der Waals surface area contributed by atoms with Crippen LogP contribution >= 0.6 is 11.6 Å². The molecule has 0 aliphatic carbocycles. The van der Waals surface area contributed by atoms with Crippen molar-refractivity contribution in [3.63, 3.8) is 0 Å². The Kier molecular flexibility index (Phi) is 5.51. The minimum atomic E-state index is -0.0752. The fraction of sp³-hybridized carbons (Fsp3) is 0.200. The highest BCUT2D eigenvalue weighted by Crippen LogP contribution is 2.16. The van der Waals surface area contributed by atoms with Crippen LogP contribution < -0.4 is 5.32 Å². The molecule has 1 aromatic heterocycles. The van der Waals surface area contributed by atoms with Crippen LogP contribution in [-0.4, -0.2) is 21.5 Å². The van der Waals surface area contributed by atoms with Gasteiger partial charge in [0, 0.05) is 35.6 Å². The van der Waals surface area contributed by atoms with Crippen molar-refractivity contribution in [1.82, 2.24) is 14.9 Å². The molecule has 5 heteroatoms. The summed E-state index contributed by atoms with van der Waals surface area (Å²) in [6, 6.07) is 15.3. The van der Waals surface area contributed by atoms with Gasteiger partial charge in [-0.15, -0.1) is 0 Å². The molecule has 3 rings (SSSR count). The predicted octanol–water partition coefficient (Wildman–Crippen LogP) is 3.95. The van der Waals surface area contributed by atoms with Crippen molar-refractivity contribution in [1.29, 1.82) is 0 Å². The van der Waals surface area contributed by atoms with Crippen LogP contribution in [0.25, 0.3) is 0 Å². The molecule has 0 saturated heterocycles. The molecule has 2 aromatic carbocycles. The van der Waals surface area contributed by atoms with E-state index in [1.807, 2.05) is 66.2 Å². The van der Waals surface area contributed by atoms with Crippen molar-refractivity contribution in [2.75, 3.05) is 0 Å². The lowest BCUT2D eigenvalue weighted by Gasteiger charge is -2.15. The number of carbonyl (C=O) groups is 1. The molecule has 0 saturated carbocycles. The highest BCUT2D eigenvalue weighted by atomic mass is 35.5. The van der Waals surface area contributed by atoms with E-state index in [1.54, 1.807) is 12.5 Å². The van der Waals surface area contributed by atoms with Gasteiger partial charge in [-0.05, 0) is 42.7 Å². The molecule has 3 aromatic rings. The van der Waals surface area contributed by atoms with E-state index in [9.17, 15) is 4.79 Å². The number of aromatic nitrogens is 2. The zero-order valence-electron chi connectivity index (χ0n) is 14.0. The van der Waals surface area contributed by atoms with Crippen LogP contribution in [0.3, 0.4) is 0 Å². The average Bonchev–Trinajstić information content (AvgIpc) is 3.10. The Balaban J connectivity index is 1.58. The van der Waals surface area contributed by atoms with Gasteiger partial charge in [0.1, 0.15) is 0 Å². The number of benzene rings is 2. The molecule has 1 amide bonds. The highest BCUT2D eigenvalue weighted by Gasteiger charge is 2.11. The van der Waals surface area contributed by atoms with Crippen molar-refractivity contribution in [2.24, 2.45) is 0 Å². The van der Waals surface area contributed by atoms with Crippen molar-refractivity contribution in [2.45, 2.75) is 25.9 Å². The number of imidazole rings is 1. The zero-order valence-corrected chi connectivity index (χ0v) is 14.8. The second-order valence-corrected chi connectivity index (χ2v) is 6.51. The van der Waals surface area contributed by atoms with Gasteiger partial charge in [-0.25, -0.2) is 4.98 Å². The summed E-state index contributed by atoms with van der Waals surface area (Å²) in [4.78, 5) is 16.4. The summed E-state index contributed by atoms with van der Waals surface area (Å²) in [6.07, 6.45) is 6.14. The predicted molar refractivity (Wildman–Crippen MR) is 99.9 cm³/mol. The first kappa shape index (κ1) is 17.2. The summed E-state index contributed by atoms with van der Waals surface area (Å²) in [5, 5.41) is 3.75. The SMILES string of the molecule is C[C@H](Cc1ccccc1Cl)NC(=O)c1ccc(Cn2ccnc2)cc1. The fourth-order valence-electron chi connectivity index (χ4n) is 2.70. The van der Waals surface area contributed by atoms with Gasteiger partial charge in [0.15, 0.2) is 0 Å². The minimum Gasteiger partial charge on any atom is -0.349 e. The van der Waals surface area contributed by atoms with Crippen molar-refractivity contribution in [3.05, 3.63) is 89.0 Å². The van der Waals surface area contributed by atoms with Gasteiger partial charge in [0.25, 0.3) is 5.91 Å². The van der Waals surface area contributed by atoms with Crippen molar-refractivity contribution in [3.8, 4) is 0 Å². The van der Waals surface area contributed by atoms with Crippen LogP contribution in [0.15, 0.2) is 67.3 Å². The summed E-state index contributed by atoms with van der Waals surface area (Å²) in [5.41, 5.74) is 2.81. The monoisotopic (exact) mass is 353 g/mol. The van der Waals surface area contributed by atoms with Gasteiger partial charge >= 0.3 is 0 Å². The largest absolute Gasteiger partial charge is 0.349 e. The van der Waals surface area contributed by atoms with Crippen molar-refractivity contribution >= 4 is 17.5 Å². The first-order chi connectivity index (χ1) is 12.1. The van der Waals surface area contributed by atoms with Crippen LogP contribution in [0.4, 0.5) is 0 Å². The lowest BCUT2D eigenvalue weighted by molar-refractivity contribution is 0.0940. The molecule has 0 aliphatic rings. The quantitative estimate of drug-likeness (QED) is 0.729. The molecular formula is C20H20ClN3O. The number of rotatable bonds is 6. The van der Waals surface area contributed by atoms with Crippen LogP contribution in [-0.2, 0) is 13.0 Å². The molecule has 4 nitrogen and oxygen atoms in total. The molecule has 0 fully saturated rings. The molecule has 1 heterocycles. The molecule has 1 N–H and O–H groups in total. The van der Waals surface area contributed by atoms with Crippen LogP contribution in [0.5, 0.6) is 0 Å². The zero-order chi connectivity index (χ0) is 17.6. The summed E-state index contributed by atoms with van der Waals surface area (Å²) < 4.78 is 1.99. The minimum absolute atomic E-state index is 0.00183. The maximum Gasteiger partial charge on any atom is 0.251 e. The third-order valence-electron chi connectivity index (χ3n) is 4.00. The second kappa shape index (κ2) is 7.99. The third kappa shape index (κ3) is 4.70. The lowest BCUT2D eigenvalue weighted by atomic mass is 10.1. The molecule has 0 unspecified atom stereocenters. The van der Waals surface area contributed by atoms with Gasteiger partial charge < -0.3 is 9.88 Å². The van der Waals surface area contributed by atoms with Crippen LogP contribution in [0.1, 0.15) is 28.4 Å². The van der Waals surface area contributed by atoms with Gasteiger partial charge in [0.05, 0.1) is 6.33 Å². The summed E-state index contributed by atoms with van der Waals surface area (Å²) in [5.74, 6) is -0.0752. The number of nitrogens with zero attached hydrogens (tertiary/aromatic N) is 2. The molecule has 0 aliphatic heterocycles. The number of halogens is 1. The number of hydrogen-bond acceptors (Lipinski definition) is 2. The van der Waals surface area contributed by atoms with E-state index in [-0.39, 0.29) is 11.9 Å². The van der Waals surface area contributed by atoms with Gasteiger partial charge in [-0.2, -0.15) is 0 Å². The molecule has 1 atom stereocenters. The van der Waals surface area contributed by atoms with E-state index < -0.39 is 0 Å². The number of carbonyl (C=O) groups excluding carboxylic acids is 1. The maximum atomic E-state index is 12.4. The molecule has 0 bridgehead atoms. The summed E-state index contributed by atoms with van der Waals surface area (Å²) >= 11 is 6.18. The fourth-order valence-corrected chi connectivity index (χ4v) is 2.92. The van der Waals surface area contributed by atoms with E-state index in [4.69, 9.17) is 11.6 Å². The summed E-state index contributed by atoms with van der Waals surface area (Å²) in [7, 11) is 0. The first-order valence-corrected chi connectivity index (χ1v) is 8.58. The van der Waals surface area contributed by atoms with E-state index in [1.165, 1.54) is 0 Å². The second-order valence-electron chi connectivity index (χ2n) is 6.10. The van der Waals surface area contributed by atoms with Gasteiger partial charge in [0.2, 0.25) is 0 Å². The van der Waals surface area contributed by atoms with E-state index in [0.29, 0.717) is 12.0 Å². The van der Waals surface area contributed by atoms with E-state index in [0.717, 1.165) is 22.7 Å². The molecular weight excluding hydrogens is 334 g/mol. The Morgan fingerprint density at radius 3 is 2.64 bits per heavy atom. The van der Waals surface area contributed by atoms with Gasteiger partial charge in [-0.1, -0.05) is 41.9 Å². The topological polar surface area (TPSA) is 46.9 Å². The number of hydrogen-bond donors (Lipinski definition) is 1. The normalized spacial score (nSPS) is 11.9. The van der Waals surface area contributed by atoms with E-state index in [2.05, 4.69) is 10.3 Å². The van der Waals surface area contributed by atoms with E-state index >= 15 is 0 Å². The van der Waals surface area contributed by atoms with Gasteiger partial charge in [-0.3, -0.25) is 4.79 Å². The van der Waals surface area contributed by atoms with Crippen LogP contribution in [0.2, 0.25) is 5.02 Å². The molecule has 0 radical (unpaired) electrons. The molecule has 0 spiro atoms. The maximum absolute atomic E-state index is 12.4. The molecule has 128 valence electrons. The molecule has 25 heavy (non-hydrogen) atoms. The first-order valence-electron chi connectivity index (χ1n) is 8.21. The standard InChI is InChI=1S/C20H20ClN3O/c1-15(12-18-4-2-3-5-19(18)21)23-20(25)17-8-6-16(7-9-17)13-24-11-10-22-14-24/h2-11,14-15H,12-13H2,1H3,(H,23,25)/t15-/m1/s1. The Morgan fingerprint density at radius 1 is 1.20 bits per heavy atom. The number of amides is 1. The Labute approximate surface area is 152 Å².